The van der Waals surface area contributed by atoms with Crippen LogP contribution in [0.25, 0.3) is 0 Å². The molecule has 0 unspecified atom stereocenters. The summed E-state index contributed by atoms with van der Waals surface area (Å²) in [5.74, 6) is -3.16. The maximum Gasteiger partial charge on any atom is 0.398 e. The maximum atomic E-state index is 13.7. The van der Waals surface area contributed by atoms with E-state index in [4.69, 9.17) is 9.47 Å². The summed E-state index contributed by atoms with van der Waals surface area (Å²) in [7, 11) is 0. The molecule has 0 spiro atoms. The number of alkyl halides is 6. The van der Waals surface area contributed by atoms with Gasteiger partial charge in [-0.05, 0) is 99.9 Å². The molecule has 62 heavy (non-hydrogen) atoms. The van der Waals surface area contributed by atoms with Crippen LogP contribution in [-0.2, 0) is 9.59 Å². The minimum Gasteiger partial charge on any atom is -0.489 e. The second-order valence-electron chi connectivity index (χ2n) is 17.2. The van der Waals surface area contributed by atoms with Gasteiger partial charge >= 0.3 is 12.4 Å². The maximum absolute atomic E-state index is 13.7. The van der Waals surface area contributed by atoms with Crippen molar-refractivity contribution in [2.75, 3.05) is 49.1 Å². The van der Waals surface area contributed by atoms with Crippen LogP contribution in [0.15, 0.2) is 68.9 Å². The van der Waals surface area contributed by atoms with Crippen molar-refractivity contribution in [3.63, 3.8) is 0 Å². The Hall–Kier alpha value is -4.84. The van der Waals surface area contributed by atoms with Crippen molar-refractivity contribution < 1.29 is 55.6 Å². The number of piperidine rings is 2. The number of ether oxygens (including phenoxy) is 2. The molecule has 336 valence electrons. The quantitative estimate of drug-likeness (QED) is 0.275. The molecular formula is C44H52F6N6O6. The van der Waals surface area contributed by atoms with Crippen LogP contribution in [0.3, 0.4) is 0 Å². The number of carbonyl (C=O) groups excluding carboxylic acids is 2. The average molecular weight is 875 g/mol. The van der Waals surface area contributed by atoms with Gasteiger partial charge < -0.3 is 29.5 Å². The molecule has 8 rings (SSSR count). The number of halogens is 6. The van der Waals surface area contributed by atoms with Gasteiger partial charge in [-0.2, -0.15) is 26.3 Å². The number of Topliss-reactive ketones (excluding diaryl/α,β-unsaturated/α-hetero) is 2. The van der Waals surface area contributed by atoms with Crippen LogP contribution in [-0.4, -0.2) is 119 Å². The van der Waals surface area contributed by atoms with Crippen LogP contribution in [0.5, 0.6) is 11.5 Å². The van der Waals surface area contributed by atoms with Gasteiger partial charge in [0.05, 0.1) is 37.7 Å². The fourth-order valence-electron chi connectivity index (χ4n) is 9.39. The SMILES string of the molecule is CC(C)Oc1ccc(N2CCC(C3=NCC4=C3[C@@H](C(F)(F)F)[C@@H](O)C(=O)C4)CC2)nc1.CC(C)Oc1ccc(N2CCC(C3=NCC4=C3[C@H](C(F)(F)F)[C@H](O)C(=O)C4)CC2)nc1. The van der Waals surface area contributed by atoms with Crippen molar-refractivity contribution >= 4 is 34.6 Å². The third-order valence-electron chi connectivity index (χ3n) is 12.2. The summed E-state index contributed by atoms with van der Waals surface area (Å²) in [6.45, 7) is 10.6. The molecule has 0 amide bonds. The molecule has 6 aliphatic rings. The normalized spacial score (nSPS) is 25.2. The van der Waals surface area contributed by atoms with E-state index < -0.39 is 48.0 Å². The summed E-state index contributed by atoms with van der Waals surface area (Å²) in [6, 6.07) is 7.49. The second-order valence-corrected chi connectivity index (χ2v) is 17.2. The third-order valence-corrected chi connectivity index (χ3v) is 12.2. The molecule has 0 aromatic carbocycles. The molecule has 2 fully saturated rings. The standard InChI is InChI=1S/2C22H26F3N3O3/c2*1-12(2)31-15-3-4-17(26-11-15)28-7-5-13(6-8-28)20-18-14(10-27-20)9-16(29)21(30)19(18)22(23,24)25/h2*3-4,11-13,19,21,30H,5-10H2,1-2H3/t2*19-,21+/m10/s1. The molecule has 2 aromatic rings. The lowest BCUT2D eigenvalue weighted by atomic mass is 9.74. The smallest absolute Gasteiger partial charge is 0.398 e. The van der Waals surface area contributed by atoms with Crippen molar-refractivity contribution in [3.8, 4) is 11.5 Å². The summed E-state index contributed by atoms with van der Waals surface area (Å²) in [6.07, 6.45) is -7.76. The van der Waals surface area contributed by atoms with Gasteiger partial charge in [0.25, 0.3) is 0 Å². The predicted octanol–water partition coefficient (Wildman–Crippen LogP) is 6.70. The lowest BCUT2D eigenvalue weighted by Crippen LogP contribution is -2.46. The van der Waals surface area contributed by atoms with E-state index in [9.17, 15) is 46.1 Å². The Bertz CT molecular complexity index is 1950. The molecule has 2 N–H and O–H groups in total. The van der Waals surface area contributed by atoms with E-state index in [1.165, 1.54) is 0 Å². The zero-order valence-corrected chi connectivity index (χ0v) is 35.0. The molecule has 18 heteroatoms. The highest BCUT2D eigenvalue weighted by atomic mass is 19.4. The van der Waals surface area contributed by atoms with Crippen molar-refractivity contribution in [2.45, 2.75) is 103 Å². The highest BCUT2D eigenvalue weighted by molar-refractivity contribution is 6.09. The molecule has 0 bridgehead atoms. The van der Waals surface area contributed by atoms with E-state index >= 15 is 0 Å². The van der Waals surface area contributed by atoms with E-state index in [1.807, 2.05) is 52.0 Å². The molecule has 4 aliphatic heterocycles. The monoisotopic (exact) mass is 874 g/mol. The lowest BCUT2D eigenvalue weighted by molar-refractivity contribution is -0.191. The van der Waals surface area contributed by atoms with Gasteiger partial charge in [0.2, 0.25) is 0 Å². The Kier molecular flexibility index (Phi) is 13.2. The Morgan fingerprint density at radius 3 is 1.26 bits per heavy atom. The first-order chi connectivity index (χ1) is 29.3. The molecule has 4 atom stereocenters. The zero-order chi connectivity index (χ0) is 44.7. The van der Waals surface area contributed by atoms with Crippen LogP contribution in [0.2, 0.25) is 0 Å². The van der Waals surface area contributed by atoms with E-state index in [0.717, 1.165) is 11.6 Å². The molecule has 2 aromatic heterocycles. The minimum atomic E-state index is -4.69. The third kappa shape index (κ3) is 9.70. The van der Waals surface area contributed by atoms with Crippen molar-refractivity contribution in [1.82, 2.24) is 9.97 Å². The van der Waals surface area contributed by atoms with Gasteiger partial charge in [0, 0.05) is 62.3 Å². The number of ketones is 2. The van der Waals surface area contributed by atoms with E-state index in [1.54, 1.807) is 12.4 Å². The average Bonchev–Trinajstić information content (AvgIpc) is 3.82. The van der Waals surface area contributed by atoms with Crippen molar-refractivity contribution in [2.24, 2.45) is 33.7 Å². The number of carbonyl (C=O) groups is 2. The largest absolute Gasteiger partial charge is 0.489 e. The number of aliphatic hydroxyl groups excluding tert-OH is 2. The van der Waals surface area contributed by atoms with E-state index in [-0.39, 0.29) is 61.1 Å². The first kappa shape index (κ1) is 45.2. The van der Waals surface area contributed by atoms with Crippen LogP contribution in [0, 0.1) is 23.7 Å². The highest BCUT2D eigenvalue weighted by Gasteiger charge is 2.56. The van der Waals surface area contributed by atoms with Gasteiger partial charge in [-0.3, -0.25) is 19.6 Å². The molecule has 12 nitrogen and oxygen atoms in total. The van der Waals surface area contributed by atoms with E-state index in [2.05, 4.69) is 29.8 Å². The number of pyridine rings is 2. The zero-order valence-electron chi connectivity index (χ0n) is 35.0. The van der Waals surface area contributed by atoms with Crippen molar-refractivity contribution in [1.29, 1.82) is 0 Å². The summed E-state index contributed by atoms with van der Waals surface area (Å²) >= 11 is 0. The molecule has 0 saturated carbocycles. The summed E-state index contributed by atoms with van der Waals surface area (Å²) in [4.78, 5) is 45.7. The molecule has 0 radical (unpaired) electrons. The summed E-state index contributed by atoms with van der Waals surface area (Å²) < 4.78 is 93.5. The predicted molar refractivity (Wildman–Crippen MR) is 219 cm³/mol. The number of aliphatic hydroxyl groups is 2. The number of aliphatic imine (C=N–C) groups is 2. The number of anilines is 2. The Labute approximate surface area is 355 Å². The number of hydrogen-bond donors (Lipinski definition) is 2. The number of hydrogen-bond acceptors (Lipinski definition) is 12. The minimum absolute atomic E-state index is 0.0592. The Balaban J connectivity index is 0.000000186. The Morgan fingerprint density at radius 2 is 0.968 bits per heavy atom. The van der Waals surface area contributed by atoms with Gasteiger partial charge in [-0.25, -0.2) is 9.97 Å². The lowest BCUT2D eigenvalue weighted by Gasteiger charge is -2.36. The van der Waals surface area contributed by atoms with Crippen LogP contribution in [0.1, 0.15) is 66.2 Å². The fraction of sp³-hybridized carbons (Fsp3) is 0.591. The second kappa shape index (κ2) is 18.1. The Morgan fingerprint density at radius 1 is 0.613 bits per heavy atom. The molecule has 2 saturated heterocycles. The number of rotatable bonds is 8. The van der Waals surface area contributed by atoms with Gasteiger partial charge in [-0.1, -0.05) is 0 Å². The van der Waals surface area contributed by atoms with Gasteiger partial charge in [0.1, 0.15) is 47.2 Å². The first-order valence-corrected chi connectivity index (χ1v) is 21.1. The number of nitrogens with zero attached hydrogens (tertiary/aromatic N) is 6. The van der Waals surface area contributed by atoms with Gasteiger partial charge in [0.15, 0.2) is 11.6 Å². The van der Waals surface area contributed by atoms with Gasteiger partial charge in [-0.15, -0.1) is 0 Å². The summed E-state index contributed by atoms with van der Waals surface area (Å²) in [5.41, 5.74) is 1.81. The topological polar surface area (TPSA) is 150 Å². The highest BCUT2D eigenvalue weighted by Crippen LogP contribution is 2.47. The van der Waals surface area contributed by atoms with Crippen LogP contribution < -0.4 is 19.3 Å². The molecule has 6 heterocycles. The summed E-state index contributed by atoms with van der Waals surface area (Å²) in [5, 5.41) is 20.0. The van der Waals surface area contributed by atoms with Crippen LogP contribution >= 0.6 is 0 Å². The fourth-order valence-corrected chi connectivity index (χ4v) is 9.39. The molecule has 2 aliphatic carbocycles. The van der Waals surface area contributed by atoms with E-state index in [0.29, 0.717) is 85.9 Å². The van der Waals surface area contributed by atoms with Crippen LogP contribution in [0.4, 0.5) is 38.0 Å². The first-order valence-electron chi connectivity index (χ1n) is 21.1. The molecular weight excluding hydrogens is 823 g/mol. The number of aromatic nitrogens is 2. The van der Waals surface area contributed by atoms with Crippen molar-refractivity contribution in [3.05, 3.63) is 59.0 Å².